The Balaban J connectivity index is 1.16. The Morgan fingerprint density at radius 3 is 2.39 bits per heavy atom. The smallest absolute Gasteiger partial charge is 0.410 e. The highest BCUT2D eigenvalue weighted by atomic mass is 32.1. The van der Waals surface area contributed by atoms with Crippen LogP contribution in [0.4, 0.5) is 4.79 Å². The minimum atomic E-state index is -0.768. The molecule has 1 amide bonds. The Morgan fingerprint density at radius 2 is 1.73 bits per heavy atom. The fourth-order valence-electron chi connectivity index (χ4n) is 6.75. The number of carbonyl (C=O) groups excluding carboxylic acids is 1. The van der Waals surface area contributed by atoms with Crippen molar-refractivity contribution in [2.24, 2.45) is 5.92 Å². The van der Waals surface area contributed by atoms with Gasteiger partial charge in [-0.15, -0.1) is 11.3 Å². The predicted molar refractivity (Wildman–Crippen MR) is 187 cm³/mol. The van der Waals surface area contributed by atoms with Gasteiger partial charge in [0.25, 0.3) is 0 Å². The fraction of sp³-hybridized carbons (Fsp3) is 0.342. The van der Waals surface area contributed by atoms with Gasteiger partial charge in [0.1, 0.15) is 22.2 Å². The summed E-state index contributed by atoms with van der Waals surface area (Å²) in [5.41, 5.74) is 8.81. The van der Waals surface area contributed by atoms with Crippen LogP contribution in [0.25, 0.3) is 44.3 Å². The summed E-state index contributed by atoms with van der Waals surface area (Å²) in [5, 5.41) is 20.3. The molecule has 2 aromatic heterocycles. The maximum atomic E-state index is 12.6. The number of ether oxygens (including phenoxy) is 1. The maximum absolute atomic E-state index is 12.6. The van der Waals surface area contributed by atoms with Crippen LogP contribution < -0.4 is 0 Å². The lowest BCUT2D eigenvalue weighted by Crippen LogP contribution is -2.33. The molecule has 0 radical (unpaired) electrons. The number of carboxylic acids is 1. The van der Waals surface area contributed by atoms with Gasteiger partial charge in [-0.1, -0.05) is 30.3 Å². The number of thiazole rings is 1. The number of carboxylic acid groups (broad SMARTS) is 1. The SMILES string of the molecule is Cc1c(-c2nc3cc(CN4CCC(C(=O)O)C4)cc(C#N)c3o2)cccc1-c1cccc(-c2nc3c(s2)CN(C(=O)OC(C)(C)C)C3)c1C. The number of amides is 1. The highest BCUT2D eigenvalue weighted by molar-refractivity contribution is 7.15. The van der Waals surface area contributed by atoms with Crippen LogP contribution in [0.3, 0.4) is 0 Å². The van der Waals surface area contributed by atoms with Crippen molar-refractivity contribution < 1.29 is 23.8 Å². The van der Waals surface area contributed by atoms with E-state index in [4.69, 9.17) is 19.1 Å². The van der Waals surface area contributed by atoms with E-state index in [1.165, 1.54) is 0 Å². The molecule has 1 fully saturated rings. The van der Waals surface area contributed by atoms with E-state index in [0.29, 0.717) is 61.7 Å². The number of aromatic nitrogens is 2. The molecule has 11 heteroatoms. The van der Waals surface area contributed by atoms with Gasteiger partial charge in [0.15, 0.2) is 5.58 Å². The third-order valence-corrected chi connectivity index (χ3v) is 10.3. The van der Waals surface area contributed by atoms with Crippen LogP contribution in [0.2, 0.25) is 0 Å². The van der Waals surface area contributed by atoms with E-state index in [0.717, 1.165) is 54.5 Å². The highest BCUT2D eigenvalue weighted by Crippen LogP contribution is 2.40. The lowest BCUT2D eigenvalue weighted by Gasteiger charge is -2.24. The number of carbonyl (C=O) groups is 2. The minimum Gasteiger partial charge on any atom is -0.481 e. The zero-order valence-electron chi connectivity index (χ0n) is 28.2. The van der Waals surface area contributed by atoms with Gasteiger partial charge in [-0.05, 0) is 93.6 Å². The van der Waals surface area contributed by atoms with Crippen LogP contribution in [0.15, 0.2) is 52.9 Å². The predicted octanol–water partition coefficient (Wildman–Crippen LogP) is 7.93. The molecule has 2 aliphatic rings. The molecule has 0 saturated carbocycles. The molecule has 4 heterocycles. The van der Waals surface area contributed by atoms with Crippen LogP contribution in [-0.2, 0) is 29.2 Å². The largest absolute Gasteiger partial charge is 0.481 e. The Kier molecular flexibility index (Phi) is 8.25. The van der Waals surface area contributed by atoms with Crippen LogP contribution in [-0.4, -0.2) is 55.6 Å². The number of nitrogens with zero attached hydrogens (tertiary/aromatic N) is 5. The first-order chi connectivity index (χ1) is 23.4. The number of rotatable bonds is 6. The van der Waals surface area contributed by atoms with Crippen molar-refractivity contribution in [1.82, 2.24) is 19.8 Å². The lowest BCUT2D eigenvalue weighted by atomic mass is 9.91. The molecule has 3 aromatic carbocycles. The molecule has 0 aliphatic carbocycles. The Labute approximate surface area is 288 Å². The van der Waals surface area contributed by atoms with Gasteiger partial charge < -0.3 is 14.3 Å². The number of aliphatic carboxylic acids is 1. The standard InChI is InChI=1S/C38H37N5O5S/c1-21-26(27-9-7-11-29(22(27)2)35-41-31-19-43(20-32(31)49-35)37(46)48-38(3,4)5)8-6-10-28(21)34-40-30-15-23(14-25(16-39)33(30)47-34)17-42-13-12-24(18-42)36(44)45/h6-11,14-15,24H,12-13,17-20H2,1-5H3,(H,44,45). The summed E-state index contributed by atoms with van der Waals surface area (Å²) >= 11 is 1.61. The van der Waals surface area contributed by atoms with Gasteiger partial charge >= 0.3 is 12.1 Å². The quantitative estimate of drug-likeness (QED) is 0.190. The van der Waals surface area contributed by atoms with Crippen molar-refractivity contribution in [3.8, 4) is 39.2 Å². The summed E-state index contributed by atoms with van der Waals surface area (Å²) in [6, 6.07) is 18.3. The van der Waals surface area contributed by atoms with E-state index in [2.05, 4.69) is 43.0 Å². The average Bonchev–Trinajstić information content (AvgIpc) is 3.84. The van der Waals surface area contributed by atoms with Gasteiger partial charge in [-0.2, -0.15) is 5.26 Å². The summed E-state index contributed by atoms with van der Waals surface area (Å²) in [6.45, 7) is 12.4. The summed E-state index contributed by atoms with van der Waals surface area (Å²) in [7, 11) is 0. The Morgan fingerprint density at radius 1 is 1.04 bits per heavy atom. The van der Waals surface area contributed by atoms with Gasteiger partial charge in [-0.3, -0.25) is 14.6 Å². The second-order valence-electron chi connectivity index (χ2n) is 13.9. The first-order valence-corrected chi connectivity index (χ1v) is 17.2. The number of fused-ring (bicyclic) bond motifs is 2. The molecule has 10 nitrogen and oxygen atoms in total. The lowest BCUT2D eigenvalue weighted by molar-refractivity contribution is -0.141. The van der Waals surface area contributed by atoms with E-state index in [-0.39, 0.29) is 12.0 Å². The highest BCUT2D eigenvalue weighted by Gasteiger charge is 2.31. The van der Waals surface area contributed by atoms with E-state index in [1.54, 1.807) is 16.2 Å². The first kappa shape index (κ1) is 32.5. The summed E-state index contributed by atoms with van der Waals surface area (Å²) in [5.74, 6) is -0.692. The van der Waals surface area contributed by atoms with E-state index >= 15 is 0 Å². The molecule has 5 aromatic rings. The molecule has 250 valence electrons. The average molecular weight is 676 g/mol. The molecule has 49 heavy (non-hydrogen) atoms. The zero-order valence-corrected chi connectivity index (χ0v) is 29.0. The van der Waals surface area contributed by atoms with Crippen molar-refractivity contribution in [2.75, 3.05) is 13.1 Å². The van der Waals surface area contributed by atoms with Crippen molar-refractivity contribution >= 4 is 34.5 Å². The molecular weight excluding hydrogens is 639 g/mol. The molecule has 1 atom stereocenters. The Hall–Kier alpha value is -5.05. The van der Waals surface area contributed by atoms with Gasteiger partial charge in [-0.25, -0.2) is 14.8 Å². The summed E-state index contributed by atoms with van der Waals surface area (Å²) in [6.07, 6.45) is 0.295. The van der Waals surface area contributed by atoms with E-state index < -0.39 is 11.6 Å². The van der Waals surface area contributed by atoms with Crippen LogP contribution in [0, 0.1) is 31.1 Å². The van der Waals surface area contributed by atoms with Gasteiger partial charge in [0, 0.05) is 29.1 Å². The monoisotopic (exact) mass is 675 g/mol. The number of hydrogen-bond donors (Lipinski definition) is 1. The summed E-state index contributed by atoms with van der Waals surface area (Å²) < 4.78 is 11.8. The molecule has 7 rings (SSSR count). The topological polar surface area (TPSA) is 133 Å². The maximum Gasteiger partial charge on any atom is 0.410 e. The molecule has 0 bridgehead atoms. The van der Waals surface area contributed by atoms with Gasteiger partial charge in [0.05, 0.1) is 30.3 Å². The third-order valence-electron chi connectivity index (χ3n) is 9.22. The molecule has 1 unspecified atom stereocenters. The third kappa shape index (κ3) is 6.30. The fourth-order valence-corrected chi connectivity index (χ4v) is 7.91. The second-order valence-corrected chi connectivity index (χ2v) is 14.9. The molecule has 1 N–H and O–H groups in total. The molecular formula is C38H37N5O5S. The van der Waals surface area contributed by atoms with E-state index in [9.17, 15) is 20.0 Å². The summed E-state index contributed by atoms with van der Waals surface area (Å²) in [4.78, 5) is 38.7. The second kappa shape index (κ2) is 12.4. The molecule has 0 spiro atoms. The molecule has 1 saturated heterocycles. The number of likely N-dealkylation sites (tertiary alicyclic amines) is 1. The first-order valence-electron chi connectivity index (χ1n) is 16.3. The van der Waals surface area contributed by atoms with Crippen LogP contribution in [0.1, 0.15) is 60.0 Å². The van der Waals surface area contributed by atoms with Crippen LogP contribution >= 0.6 is 11.3 Å². The number of hydrogen-bond acceptors (Lipinski definition) is 9. The van der Waals surface area contributed by atoms with Crippen molar-refractivity contribution in [1.29, 1.82) is 5.26 Å². The van der Waals surface area contributed by atoms with Crippen molar-refractivity contribution in [3.63, 3.8) is 0 Å². The van der Waals surface area contributed by atoms with Crippen molar-refractivity contribution in [2.45, 2.75) is 66.3 Å². The van der Waals surface area contributed by atoms with Gasteiger partial charge in [0.2, 0.25) is 5.89 Å². The number of benzene rings is 3. The normalized spacial score (nSPS) is 16.2. The zero-order chi connectivity index (χ0) is 34.6. The van der Waals surface area contributed by atoms with Crippen LogP contribution in [0.5, 0.6) is 0 Å². The minimum absolute atomic E-state index is 0.325. The number of nitriles is 1. The van der Waals surface area contributed by atoms with E-state index in [1.807, 2.05) is 51.1 Å². The Bertz CT molecular complexity index is 2150. The number of oxazole rings is 1. The van der Waals surface area contributed by atoms with Crippen molar-refractivity contribution in [3.05, 3.63) is 81.4 Å². The molecule has 2 aliphatic heterocycles.